The number of pyridine rings is 1. The normalized spacial score (nSPS) is 11.3. The molecule has 7 nitrogen and oxygen atoms in total. The first-order valence-corrected chi connectivity index (χ1v) is 8.67. The molecule has 0 atom stereocenters. The molecule has 0 bridgehead atoms. The van der Waals surface area contributed by atoms with Gasteiger partial charge in [0.25, 0.3) is 0 Å². The Labute approximate surface area is 159 Å². The Hall–Kier alpha value is -3.36. The standard InChI is InChI=1S/C19H17F2N5O2/c1-11-17-25-24-15-6-7-16(27-2)23-19(15)26(17)18(22-11)13-10-12(4-5-14(13)21)28-9-3-8-20/h4-7,10H,3,8-9H2,1-2H3/i20-1. The molecule has 0 spiro atoms. The van der Waals surface area contributed by atoms with Crippen LogP contribution >= 0.6 is 0 Å². The number of hydrogen-bond acceptors (Lipinski definition) is 6. The first-order valence-electron chi connectivity index (χ1n) is 8.67. The SMILES string of the molecule is COc1ccc2nnc3c(C)nc(-c4cc(OCCC[18F])ccc4F)n3c2n1. The maximum atomic E-state index is 14.7. The van der Waals surface area contributed by atoms with Gasteiger partial charge in [-0.15, -0.1) is 10.2 Å². The molecule has 4 rings (SSSR count). The van der Waals surface area contributed by atoms with Gasteiger partial charge in [-0.2, -0.15) is 4.98 Å². The molecule has 1 aromatic carbocycles. The monoisotopic (exact) mass is 384 g/mol. The number of ether oxygens (including phenoxy) is 2. The molecule has 4 aromatic rings. The van der Waals surface area contributed by atoms with E-state index in [1.807, 2.05) is 0 Å². The summed E-state index contributed by atoms with van der Waals surface area (Å²) in [4.78, 5) is 8.93. The maximum Gasteiger partial charge on any atom is 0.215 e. The minimum absolute atomic E-state index is 0.204. The number of nitrogens with zero attached hydrogens (tertiary/aromatic N) is 5. The van der Waals surface area contributed by atoms with Crippen molar-refractivity contribution in [2.24, 2.45) is 0 Å². The number of alkyl halides is 1. The van der Waals surface area contributed by atoms with E-state index in [2.05, 4.69) is 20.2 Å². The van der Waals surface area contributed by atoms with E-state index in [0.29, 0.717) is 40.0 Å². The number of benzene rings is 1. The average molecular weight is 384 g/mol. The lowest BCUT2D eigenvalue weighted by Gasteiger charge is -2.09. The van der Waals surface area contributed by atoms with Gasteiger partial charge in [-0.3, -0.25) is 8.79 Å². The fourth-order valence-corrected chi connectivity index (χ4v) is 2.91. The number of imidazole rings is 1. The van der Waals surface area contributed by atoms with Crippen molar-refractivity contribution in [2.75, 3.05) is 20.4 Å². The summed E-state index contributed by atoms with van der Waals surface area (Å²) >= 11 is 0. The van der Waals surface area contributed by atoms with Crippen LogP contribution in [0.2, 0.25) is 0 Å². The van der Waals surface area contributed by atoms with Crippen molar-refractivity contribution < 1.29 is 18.3 Å². The van der Waals surface area contributed by atoms with E-state index >= 15 is 0 Å². The van der Waals surface area contributed by atoms with Gasteiger partial charge in [0.15, 0.2) is 17.1 Å². The molecule has 0 aliphatic carbocycles. The summed E-state index contributed by atoms with van der Waals surface area (Å²) in [6.07, 6.45) is 0.266. The van der Waals surface area contributed by atoms with Crippen LogP contribution in [0, 0.1) is 12.7 Å². The molecular weight excluding hydrogens is 367 g/mol. The molecular formula is C19H17F2N5O2. The Kier molecular flexibility index (Phi) is 4.72. The van der Waals surface area contributed by atoms with Crippen LogP contribution in [0.25, 0.3) is 28.2 Å². The van der Waals surface area contributed by atoms with Crippen LogP contribution in [0.5, 0.6) is 11.6 Å². The lowest BCUT2D eigenvalue weighted by molar-refractivity contribution is 0.289. The summed E-state index contributed by atoms with van der Waals surface area (Å²) in [5, 5.41) is 8.36. The quantitative estimate of drug-likeness (QED) is 0.474. The van der Waals surface area contributed by atoms with Crippen molar-refractivity contribution in [3.63, 3.8) is 0 Å². The highest BCUT2D eigenvalue weighted by atomic mass is 19.1. The molecule has 0 amide bonds. The summed E-state index contributed by atoms with van der Waals surface area (Å²) < 4.78 is 39.3. The van der Waals surface area contributed by atoms with Gasteiger partial charge in [0, 0.05) is 12.5 Å². The highest BCUT2D eigenvalue weighted by Crippen LogP contribution is 2.30. The highest BCUT2D eigenvalue weighted by molar-refractivity contribution is 5.78. The van der Waals surface area contributed by atoms with Crippen molar-refractivity contribution in [1.29, 1.82) is 0 Å². The van der Waals surface area contributed by atoms with Gasteiger partial charge in [-0.05, 0) is 31.2 Å². The molecule has 9 heteroatoms. The molecule has 0 N–H and O–H groups in total. The van der Waals surface area contributed by atoms with Crippen molar-refractivity contribution in [2.45, 2.75) is 13.3 Å². The summed E-state index contributed by atoms with van der Waals surface area (Å²) in [6, 6.07) is 7.72. The van der Waals surface area contributed by atoms with Crippen LogP contribution in [0.15, 0.2) is 30.3 Å². The van der Waals surface area contributed by atoms with Crippen molar-refractivity contribution in [3.8, 4) is 23.0 Å². The molecule has 3 heterocycles. The van der Waals surface area contributed by atoms with E-state index < -0.39 is 12.5 Å². The predicted octanol–water partition coefficient (Wildman–Crippen LogP) is 3.53. The maximum absolute atomic E-state index is 14.7. The van der Waals surface area contributed by atoms with Gasteiger partial charge >= 0.3 is 0 Å². The van der Waals surface area contributed by atoms with Crippen molar-refractivity contribution in [3.05, 3.63) is 41.8 Å². The van der Waals surface area contributed by atoms with Crippen LogP contribution in [-0.2, 0) is 0 Å². The number of aryl methyl sites for hydroxylation is 1. The zero-order valence-corrected chi connectivity index (χ0v) is 15.3. The average Bonchev–Trinajstić information content (AvgIpc) is 3.06. The van der Waals surface area contributed by atoms with Crippen molar-refractivity contribution >= 4 is 16.8 Å². The number of fused-ring (bicyclic) bond motifs is 3. The lowest BCUT2D eigenvalue weighted by atomic mass is 10.2. The zero-order chi connectivity index (χ0) is 19.7. The number of hydrogen-bond donors (Lipinski definition) is 0. The summed E-state index contributed by atoms with van der Waals surface area (Å²) in [6.45, 7) is 1.49. The first kappa shape index (κ1) is 18.0. The highest BCUT2D eigenvalue weighted by Gasteiger charge is 2.19. The third kappa shape index (κ3) is 3.08. The second kappa shape index (κ2) is 7.34. The van der Waals surface area contributed by atoms with Gasteiger partial charge in [0.2, 0.25) is 5.88 Å². The summed E-state index contributed by atoms with van der Waals surface area (Å²) in [7, 11) is 1.51. The summed E-state index contributed by atoms with van der Waals surface area (Å²) in [5.74, 6) is 0.665. The Morgan fingerprint density at radius 2 is 1.93 bits per heavy atom. The smallest absolute Gasteiger partial charge is 0.215 e. The van der Waals surface area contributed by atoms with Gasteiger partial charge in [0.05, 0.1) is 31.6 Å². The molecule has 28 heavy (non-hydrogen) atoms. The molecule has 0 saturated carbocycles. The summed E-state index contributed by atoms with van der Waals surface area (Å²) in [5.41, 5.74) is 2.23. The van der Waals surface area contributed by atoms with Gasteiger partial charge in [-0.25, -0.2) is 9.37 Å². The van der Waals surface area contributed by atoms with Gasteiger partial charge < -0.3 is 9.47 Å². The van der Waals surface area contributed by atoms with Gasteiger partial charge in [0.1, 0.15) is 17.1 Å². The molecule has 3 aromatic heterocycles. The third-order valence-electron chi connectivity index (χ3n) is 4.25. The van der Waals surface area contributed by atoms with Crippen LogP contribution < -0.4 is 9.47 Å². The minimum atomic E-state index is -0.476. The molecule has 0 fully saturated rings. The number of methoxy groups -OCH3 is 1. The lowest BCUT2D eigenvalue weighted by Crippen LogP contribution is -2.02. The Morgan fingerprint density at radius 3 is 2.71 bits per heavy atom. The van der Waals surface area contributed by atoms with Crippen molar-refractivity contribution in [1.82, 2.24) is 24.6 Å². The number of rotatable bonds is 6. The van der Waals surface area contributed by atoms with E-state index in [4.69, 9.17) is 9.47 Å². The zero-order valence-electron chi connectivity index (χ0n) is 15.3. The van der Waals surface area contributed by atoms with Crippen LogP contribution in [-0.4, -0.2) is 45.0 Å². The first-order chi connectivity index (χ1) is 13.6. The van der Waals surface area contributed by atoms with E-state index in [0.717, 1.165) is 0 Å². The minimum Gasteiger partial charge on any atom is -0.493 e. The Balaban J connectivity index is 1.93. The number of aromatic nitrogens is 5. The molecule has 0 unspecified atom stereocenters. The van der Waals surface area contributed by atoms with E-state index in [1.165, 1.54) is 25.3 Å². The predicted molar refractivity (Wildman–Crippen MR) is 98.9 cm³/mol. The topological polar surface area (TPSA) is 74.4 Å². The second-order valence-electron chi connectivity index (χ2n) is 6.11. The molecule has 0 aliphatic heterocycles. The largest absolute Gasteiger partial charge is 0.493 e. The Morgan fingerprint density at radius 1 is 1.07 bits per heavy atom. The molecule has 144 valence electrons. The molecule has 0 saturated heterocycles. The third-order valence-corrected chi connectivity index (χ3v) is 4.25. The van der Waals surface area contributed by atoms with Gasteiger partial charge in [-0.1, -0.05) is 0 Å². The number of halogens is 2. The second-order valence-corrected chi connectivity index (χ2v) is 6.11. The molecule has 0 radical (unpaired) electrons. The van der Waals surface area contributed by atoms with Crippen LogP contribution in [0.3, 0.4) is 0 Å². The van der Waals surface area contributed by atoms with E-state index in [-0.39, 0.29) is 18.6 Å². The Bertz CT molecular complexity index is 1160. The van der Waals surface area contributed by atoms with E-state index in [1.54, 1.807) is 23.5 Å². The van der Waals surface area contributed by atoms with Crippen LogP contribution in [0.4, 0.5) is 8.78 Å². The fraction of sp³-hybridized carbons (Fsp3) is 0.263. The fourth-order valence-electron chi connectivity index (χ4n) is 2.91. The van der Waals surface area contributed by atoms with Crippen LogP contribution in [0.1, 0.15) is 12.1 Å². The van der Waals surface area contributed by atoms with E-state index in [9.17, 15) is 8.78 Å². The molecule has 0 aliphatic rings.